The minimum absolute atomic E-state index is 0.591. The third kappa shape index (κ3) is 2.64. The number of hydrogen-bond donors (Lipinski definition) is 1. The molecule has 0 amide bonds. The average Bonchev–Trinajstić information content (AvgIpc) is 2.03. The van der Waals surface area contributed by atoms with E-state index in [9.17, 15) is 0 Å². The van der Waals surface area contributed by atoms with Crippen molar-refractivity contribution in [3.05, 3.63) is 35.4 Å². The molecule has 0 atom stereocenters. The summed E-state index contributed by atoms with van der Waals surface area (Å²) < 4.78 is 0. The summed E-state index contributed by atoms with van der Waals surface area (Å²) in [7, 11) is 1.65. The zero-order chi connectivity index (χ0) is 8.97. The minimum atomic E-state index is 0.591. The van der Waals surface area contributed by atoms with Crippen molar-refractivity contribution < 1.29 is 5.21 Å². The van der Waals surface area contributed by atoms with Crippen molar-refractivity contribution >= 4 is 0 Å². The van der Waals surface area contributed by atoms with E-state index in [0.717, 1.165) is 12.0 Å². The molecule has 0 aliphatic rings. The summed E-state index contributed by atoms with van der Waals surface area (Å²) in [6.07, 6.45) is 1.04. The summed E-state index contributed by atoms with van der Waals surface area (Å²) in [5.74, 6) is 0. The molecule has 0 aromatic heterocycles. The first-order chi connectivity index (χ1) is 5.72. The van der Waals surface area contributed by atoms with Crippen LogP contribution >= 0.6 is 0 Å². The standard InChI is InChI=1S/C10H15NO/c1-3-9-5-4-6-10(7-9)8-11(2)12/h4-7,12H,3,8H2,1-2H3. The Hall–Kier alpha value is -0.860. The number of benzene rings is 1. The molecule has 0 bridgehead atoms. The van der Waals surface area contributed by atoms with Crippen LogP contribution in [0.15, 0.2) is 24.3 Å². The fourth-order valence-corrected chi connectivity index (χ4v) is 1.21. The molecule has 0 fully saturated rings. The zero-order valence-electron chi connectivity index (χ0n) is 7.62. The molecule has 2 heteroatoms. The molecule has 0 radical (unpaired) electrons. The normalized spacial score (nSPS) is 10.7. The first-order valence-electron chi connectivity index (χ1n) is 4.20. The fourth-order valence-electron chi connectivity index (χ4n) is 1.21. The maximum Gasteiger partial charge on any atom is 0.0485 e. The third-order valence-corrected chi connectivity index (χ3v) is 1.81. The Balaban J connectivity index is 2.72. The summed E-state index contributed by atoms with van der Waals surface area (Å²) >= 11 is 0. The molecule has 12 heavy (non-hydrogen) atoms. The van der Waals surface area contributed by atoms with Crippen LogP contribution in [0.4, 0.5) is 0 Å². The molecule has 0 aliphatic heterocycles. The van der Waals surface area contributed by atoms with Crippen LogP contribution in [-0.4, -0.2) is 17.3 Å². The van der Waals surface area contributed by atoms with Crippen LogP contribution < -0.4 is 0 Å². The first kappa shape index (κ1) is 9.23. The van der Waals surface area contributed by atoms with Crippen LogP contribution in [0.2, 0.25) is 0 Å². The van der Waals surface area contributed by atoms with Gasteiger partial charge in [0.25, 0.3) is 0 Å². The summed E-state index contributed by atoms with van der Waals surface area (Å²) in [4.78, 5) is 0. The zero-order valence-corrected chi connectivity index (χ0v) is 7.62. The quantitative estimate of drug-likeness (QED) is 0.693. The van der Waals surface area contributed by atoms with Crippen LogP contribution in [0.25, 0.3) is 0 Å². The molecule has 0 heterocycles. The maximum atomic E-state index is 9.00. The second-order valence-corrected chi connectivity index (χ2v) is 2.99. The first-order valence-corrected chi connectivity index (χ1v) is 4.20. The van der Waals surface area contributed by atoms with Gasteiger partial charge in [-0.1, -0.05) is 31.2 Å². The molecule has 0 aliphatic carbocycles. The number of hydroxylamine groups is 2. The lowest BCUT2D eigenvalue weighted by molar-refractivity contribution is -0.0731. The van der Waals surface area contributed by atoms with Gasteiger partial charge in [0.15, 0.2) is 0 Å². The smallest absolute Gasteiger partial charge is 0.0485 e. The van der Waals surface area contributed by atoms with E-state index < -0.39 is 0 Å². The number of aryl methyl sites for hydroxylation is 1. The highest BCUT2D eigenvalue weighted by Crippen LogP contribution is 2.06. The van der Waals surface area contributed by atoms with Gasteiger partial charge < -0.3 is 5.21 Å². The molecule has 0 saturated carbocycles. The topological polar surface area (TPSA) is 23.5 Å². The van der Waals surface area contributed by atoms with Crippen molar-refractivity contribution in [1.82, 2.24) is 5.06 Å². The van der Waals surface area contributed by atoms with Gasteiger partial charge in [0.05, 0.1) is 0 Å². The van der Waals surface area contributed by atoms with Gasteiger partial charge in [0.1, 0.15) is 0 Å². The fraction of sp³-hybridized carbons (Fsp3) is 0.400. The van der Waals surface area contributed by atoms with E-state index in [1.165, 1.54) is 10.6 Å². The molecule has 1 N–H and O–H groups in total. The Labute approximate surface area is 73.4 Å². The van der Waals surface area contributed by atoms with Crippen molar-refractivity contribution in [3.8, 4) is 0 Å². The monoisotopic (exact) mass is 165 g/mol. The molecule has 2 nitrogen and oxygen atoms in total. The lowest BCUT2D eigenvalue weighted by Crippen LogP contribution is -2.11. The molecular weight excluding hydrogens is 150 g/mol. The highest BCUT2D eigenvalue weighted by atomic mass is 16.5. The van der Waals surface area contributed by atoms with Gasteiger partial charge in [-0.2, -0.15) is 5.06 Å². The lowest BCUT2D eigenvalue weighted by Gasteiger charge is -2.08. The van der Waals surface area contributed by atoms with Crippen LogP contribution in [0, 0.1) is 0 Å². The van der Waals surface area contributed by atoms with Gasteiger partial charge in [-0.15, -0.1) is 0 Å². The highest BCUT2D eigenvalue weighted by molar-refractivity contribution is 5.23. The van der Waals surface area contributed by atoms with Crippen LogP contribution in [0.1, 0.15) is 18.1 Å². The van der Waals surface area contributed by atoms with Gasteiger partial charge in [-0.25, -0.2) is 0 Å². The van der Waals surface area contributed by atoms with Gasteiger partial charge in [-0.3, -0.25) is 0 Å². The predicted octanol–water partition coefficient (Wildman–Crippen LogP) is 2.07. The number of nitrogens with zero attached hydrogens (tertiary/aromatic N) is 1. The summed E-state index contributed by atoms with van der Waals surface area (Å²) in [5.41, 5.74) is 2.47. The summed E-state index contributed by atoms with van der Waals surface area (Å²) in [5, 5.41) is 10.2. The van der Waals surface area contributed by atoms with E-state index in [4.69, 9.17) is 5.21 Å². The van der Waals surface area contributed by atoms with Crippen molar-refractivity contribution in [3.63, 3.8) is 0 Å². The van der Waals surface area contributed by atoms with Crippen LogP contribution in [0.3, 0.4) is 0 Å². The molecule has 0 saturated heterocycles. The van der Waals surface area contributed by atoms with Gasteiger partial charge in [0.2, 0.25) is 0 Å². The average molecular weight is 165 g/mol. The molecule has 1 aromatic rings. The maximum absolute atomic E-state index is 9.00. The minimum Gasteiger partial charge on any atom is -0.314 e. The summed E-state index contributed by atoms with van der Waals surface area (Å²) in [6, 6.07) is 8.26. The molecule has 0 unspecified atom stereocenters. The van der Waals surface area contributed by atoms with E-state index >= 15 is 0 Å². The second-order valence-electron chi connectivity index (χ2n) is 2.99. The predicted molar refractivity (Wildman–Crippen MR) is 49.1 cm³/mol. The SMILES string of the molecule is CCc1cccc(CN(C)O)c1. The number of rotatable bonds is 3. The largest absolute Gasteiger partial charge is 0.314 e. The third-order valence-electron chi connectivity index (χ3n) is 1.81. The summed E-state index contributed by atoms with van der Waals surface area (Å²) in [6.45, 7) is 2.72. The van der Waals surface area contributed by atoms with Crippen molar-refractivity contribution in [2.45, 2.75) is 19.9 Å². The second kappa shape index (κ2) is 4.24. The molecule has 1 aromatic carbocycles. The van der Waals surface area contributed by atoms with E-state index in [0.29, 0.717) is 6.54 Å². The van der Waals surface area contributed by atoms with Gasteiger partial charge in [0, 0.05) is 13.6 Å². The van der Waals surface area contributed by atoms with E-state index in [1.54, 1.807) is 7.05 Å². The Kier molecular flexibility index (Phi) is 3.26. The molecule has 0 spiro atoms. The molecule has 1 rings (SSSR count). The Morgan fingerprint density at radius 3 is 2.58 bits per heavy atom. The van der Waals surface area contributed by atoms with Crippen molar-refractivity contribution in [1.29, 1.82) is 0 Å². The Morgan fingerprint density at radius 1 is 1.33 bits per heavy atom. The Bertz CT molecular complexity index is 245. The van der Waals surface area contributed by atoms with E-state index in [-0.39, 0.29) is 0 Å². The van der Waals surface area contributed by atoms with E-state index in [1.807, 2.05) is 12.1 Å². The van der Waals surface area contributed by atoms with Crippen LogP contribution in [0.5, 0.6) is 0 Å². The van der Waals surface area contributed by atoms with Crippen molar-refractivity contribution in [2.24, 2.45) is 0 Å². The lowest BCUT2D eigenvalue weighted by atomic mass is 10.1. The number of hydrogen-bond acceptors (Lipinski definition) is 2. The van der Waals surface area contributed by atoms with Gasteiger partial charge >= 0.3 is 0 Å². The Morgan fingerprint density at radius 2 is 2.00 bits per heavy atom. The molecular formula is C10H15NO. The van der Waals surface area contributed by atoms with Crippen molar-refractivity contribution in [2.75, 3.05) is 7.05 Å². The highest BCUT2D eigenvalue weighted by Gasteiger charge is 1.96. The van der Waals surface area contributed by atoms with Gasteiger partial charge in [-0.05, 0) is 17.5 Å². The molecule has 66 valence electrons. The van der Waals surface area contributed by atoms with Crippen LogP contribution in [-0.2, 0) is 13.0 Å². The van der Waals surface area contributed by atoms with E-state index in [2.05, 4.69) is 19.1 Å².